The number of thiazole rings is 1. The van der Waals surface area contributed by atoms with Crippen molar-refractivity contribution in [2.45, 2.75) is 19.9 Å². The summed E-state index contributed by atoms with van der Waals surface area (Å²) in [5, 5.41) is 1.17. The molecule has 2 aromatic heterocycles. The smallest absolute Gasteiger partial charge is 0.186 e. The Morgan fingerprint density at radius 2 is 1.79 bits per heavy atom. The molecule has 24 heavy (non-hydrogen) atoms. The van der Waals surface area contributed by atoms with Gasteiger partial charge < -0.3 is 4.90 Å². The Labute approximate surface area is 146 Å². The average Bonchev–Trinajstić information content (AvgIpc) is 3.06. The summed E-state index contributed by atoms with van der Waals surface area (Å²) >= 11 is 1.83. The predicted molar refractivity (Wildman–Crippen MR) is 101 cm³/mol. The molecular formula is C19H22N4S. The molecule has 1 aliphatic heterocycles. The minimum atomic E-state index is 1.01. The van der Waals surface area contributed by atoms with Crippen molar-refractivity contribution < 1.29 is 0 Å². The maximum atomic E-state index is 4.84. The van der Waals surface area contributed by atoms with Crippen LogP contribution in [0, 0.1) is 0 Å². The van der Waals surface area contributed by atoms with E-state index in [0.717, 1.165) is 44.7 Å². The lowest BCUT2D eigenvalue weighted by Gasteiger charge is -2.34. The fraction of sp³-hybridized carbons (Fsp3) is 0.368. The molecule has 0 radical (unpaired) electrons. The number of hydrogen-bond donors (Lipinski definition) is 0. The van der Waals surface area contributed by atoms with Crippen LogP contribution in [0.3, 0.4) is 0 Å². The number of aromatic nitrogens is 2. The molecule has 3 heterocycles. The van der Waals surface area contributed by atoms with E-state index >= 15 is 0 Å². The van der Waals surface area contributed by atoms with Gasteiger partial charge >= 0.3 is 0 Å². The number of pyridine rings is 1. The summed E-state index contributed by atoms with van der Waals surface area (Å²) in [6.45, 7) is 7.47. The van der Waals surface area contributed by atoms with Gasteiger partial charge in [-0.3, -0.25) is 9.88 Å². The molecule has 1 aromatic carbocycles. The van der Waals surface area contributed by atoms with Gasteiger partial charge in [-0.2, -0.15) is 0 Å². The molecule has 5 heteroatoms. The first-order chi connectivity index (χ1) is 11.8. The maximum absolute atomic E-state index is 4.84. The summed E-state index contributed by atoms with van der Waals surface area (Å²) in [6.07, 6.45) is 4.82. The van der Waals surface area contributed by atoms with Crippen LogP contribution in [0.4, 0.5) is 5.13 Å². The number of fused-ring (bicyclic) bond motifs is 1. The molecule has 0 aliphatic carbocycles. The number of hydrogen-bond acceptors (Lipinski definition) is 5. The average molecular weight is 338 g/mol. The third-order valence-electron chi connectivity index (χ3n) is 4.65. The third-order valence-corrected chi connectivity index (χ3v) is 5.73. The van der Waals surface area contributed by atoms with E-state index in [0.29, 0.717) is 0 Å². The second-order valence-electron chi connectivity index (χ2n) is 6.27. The Kier molecular flexibility index (Phi) is 4.45. The molecule has 0 amide bonds. The highest BCUT2D eigenvalue weighted by molar-refractivity contribution is 7.22. The predicted octanol–water partition coefficient (Wildman–Crippen LogP) is 3.58. The fourth-order valence-electron chi connectivity index (χ4n) is 3.16. The number of anilines is 1. The van der Waals surface area contributed by atoms with E-state index in [2.05, 4.69) is 52.0 Å². The van der Waals surface area contributed by atoms with E-state index in [-0.39, 0.29) is 0 Å². The Bertz CT molecular complexity index is 807. The minimum absolute atomic E-state index is 1.01. The van der Waals surface area contributed by atoms with Crippen LogP contribution in [0.15, 0.2) is 42.7 Å². The first-order valence-corrected chi connectivity index (χ1v) is 9.39. The van der Waals surface area contributed by atoms with E-state index in [1.807, 2.05) is 23.7 Å². The van der Waals surface area contributed by atoms with Gasteiger partial charge in [0.1, 0.15) is 0 Å². The molecule has 0 spiro atoms. The van der Waals surface area contributed by atoms with Crippen LogP contribution >= 0.6 is 11.3 Å². The topological polar surface area (TPSA) is 32.3 Å². The Morgan fingerprint density at radius 1 is 1.00 bits per heavy atom. The van der Waals surface area contributed by atoms with Gasteiger partial charge in [0.2, 0.25) is 0 Å². The molecule has 1 saturated heterocycles. The fourth-order valence-corrected chi connectivity index (χ4v) is 4.24. The number of rotatable bonds is 4. The second kappa shape index (κ2) is 6.87. The quantitative estimate of drug-likeness (QED) is 0.728. The van der Waals surface area contributed by atoms with Gasteiger partial charge in [0, 0.05) is 45.1 Å². The lowest BCUT2D eigenvalue weighted by Crippen LogP contribution is -2.45. The van der Waals surface area contributed by atoms with Crippen LogP contribution in [0.5, 0.6) is 0 Å². The summed E-state index contributed by atoms with van der Waals surface area (Å²) < 4.78 is 1.31. The van der Waals surface area contributed by atoms with Gasteiger partial charge in [-0.05, 0) is 41.8 Å². The van der Waals surface area contributed by atoms with E-state index in [1.54, 1.807) is 0 Å². The van der Waals surface area contributed by atoms with Gasteiger partial charge in [-0.15, -0.1) is 0 Å². The third kappa shape index (κ3) is 3.28. The van der Waals surface area contributed by atoms with E-state index in [1.165, 1.54) is 21.0 Å². The van der Waals surface area contributed by atoms with Crippen molar-refractivity contribution in [3.05, 3.63) is 53.9 Å². The molecule has 1 fully saturated rings. The molecule has 4 nitrogen and oxygen atoms in total. The lowest BCUT2D eigenvalue weighted by molar-refractivity contribution is 0.250. The SMILES string of the molecule is CCc1ccc2nc(N3CCN(Cc4ccncc4)CC3)sc2c1. The van der Waals surface area contributed by atoms with E-state index in [4.69, 9.17) is 4.98 Å². The van der Waals surface area contributed by atoms with Crippen molar-refractivity contribution >= 4 is 26.7 Å². The standard InChI is InChI=1S/C19H22N4S/c1-2-15-3-4-17-18(13-15)24-19(21-17)23-11-9-22(10-12-23)14-16-5-7-20-8-6-16/h3-8,13H,2,9-12,14H2,1H3. The molecule has 4 rings (SSSR count). The lowest BCUT2D eigenvalue weighted by atomic mass is 10.2. The van der Waals surface area contributed by atoms with Crippen molar-refractivity contribution in [2.75, 3.05) is 31.1 Å². The molecular weight excluding hydrogens is 316 g/mol. The molecule has 124 valence electrons. The molecule has 0 unspecified atom stereocenters. The molecule has 0 saturated carbocycles. The van der Waals surface area contributed by atoms with Crippen molar-refractivity contribution in [1.82, 2.24) is 14.9 Å². The zero-order valence-corrected chi connectivity index (χ0v) is 14.8. The molecule has 0 atom stereocenters. The van der Waals surface area contributed by atoms with Crippen LogP contribution < -0.4 is 4.90 Å². The summed E-state index contributed by atoms with van der Waals surface area (Å²) in [5.74, 6) is 0. The minimum Gasteiger partial charge on any atom is -0.345 e. The summed E-state index contributed by atoms with van der Waals surface area (Å²) in [7, 11) is 0. The molecule has 0 N–H and O–H groups in total. The van der Waals surface area contributed by atoms with Gasteiger partial charge in [-0.25, -0.2) is 4.98 Å². The number of piperazine rings is 1. The summed E-state index contributed by atoms with van der Waals surface area (Å²) in [4.78, 5) is 13.9. The van der Waals surface area contributed by atoms with E-state index < -0.39 is 0 Å². The maximum Gasteiger partial charge on any atom is 0.186 e. The van der Waals surface area contributed by atoms with E-state index in [9.17, 15) is 0 Å². The summed E-state index contributed by atoms with van der Waals surface area (Å²) in [6, 6.07) is 10.8. The van der Waals surface area contributed by atoms with Crippen LogP contribution in [0.1, 0.15) is 18.1 Å². The first kappa shape index (κ1) is 15.5. The number of nitrogens with zero attached hydrogens (tertiary/aromatic N) is 4. The zero-order valence-electron chi connectivity index (χ0n) is 14.0. The van der Waals surface area contributed by atoms with Crippen LogP contribution in [-0.4, -0.2) is 41.0 Å². The molecule has 3 aromatic rings. The molecule has 1 aliphatic rings. The van der Waals surface area contributed by atoms with Gasteiger partial charge in [0.05, 0.1) is 10.2 Å². The van der Waals surface area contributed by atoms with Gasteiger partial charge in [0.15, 0.2) is 5.13 Å². The van der Waals surface area contributed by atoms with Gasteiger partial charge in [0.25, 0.3) is 0 Å². The van der Waals surface area contributed by atoms with Crippen LogP contribution in [0.2, 0.25) is 0 Å². The normalized spacial score (nSPS) is 16.0. The van der Waals surface area contributed by atoms with Crippen molar-refractivity contribution in [3.8, 4) is 0 Å². The highest BCUT2D eigenvalue weighted by Gasteiger charge is 2.20. The highest BCUT2D eigenvalue weighted by Crippen LogP contribution is 2.30. The van der Waals surface area contributed by atoms with Crippen LogP contribution in [-0.2, 0) is 13.0 Å². The Balaban J connectivity index is 1.42. The summed E-state index contributed by atoms with van der Waals surface area (Å²) in [5.41, 5.74) is 3.86. The zero-order chi connectivity index (χ0) is 16.4. The van der Waals surface area contributed by atoms with Crippen molar-refractivity contribution in [2.24, 2.45) is 0 Å². The van der Waals surface area contributed by atoms with Crippen LogP contribution in [0.25, 0.3) is 10.2 Å². The number of benzene rings is 1. The largest absolute Gasteiger partial charge is 0.345 e. The monoisotopic (exact) mass is 338 g/mol. The highest BCUT2D eigenvalue weighted by atomic mass is 32.1. The second-order valence-corrected chi connectivity index (χ2v) is 7.28. The number of aryl methyl sites for hydroxylation is 1. The first-order valence-electron chi connectivity index (χ1n) is 8.57. The Hall–Kier alpha value is -1.98. The van der Waals surface area contributed by atoms with Crippen molar-refractivity contribution in [3.63, 3.8) is 0 Å². The van der Waals surface area contributed by atoms with Gasteiger partial charge in [-0.1, -0.05) is 24.3 Å². The Morgan fingerprint density at radius 3 is 2.54 bits per heavy atom. The van der Waals surface area contributed by atoms with Crippen molar-refractivity contribution in [1.29, 1.82) is 0 Å². The molecule has 0 bridgehead atoms.